The third-order valence-electron chi connectivity index (χ3n) is 1.75. The van der Waals surface area contributed by atoms with E-state index in [4.69, 9.17) is 5.73 Å². The molecule has 1 aliphatic rings. The summed E-state index contributed by atoms with van der Waals surface area (Å²) in [5, 5.41) is 0. The molecule has 1 atom stereocenters. The number of hydrogen-bond donors (Lipinski definition) is 1. The van der Waals surface area contributed by atoms with E-state index in [0.717, 1.165) is 6.42 Å². The minimum Gasteiger partial charge on any atom is -0.328 e. The van der Waals surface area contributed by atoms with E-state index in [0.29, 0.717) is 0 Å². The average molecular weight is 163 g/mol. The minimum atomic E-state index is 0.256. The van der Waals surface area contributed by atoms with Crippen LogP contribution in [-0.4, -0.2) is 6.04 Å². The quantitative estimate of drug-likeness (QED) is 0.633. The second-order valence-electron chi connectivity index (χ2n) is 3.38. The fourth-order valence-electron chi connectivity index (χ4n) is 1.18. The van der Waals surface area contributed by atoms with E-state index >= 15 is 0 Å². The Bertz CT molecular complexity index is 231. The van der Waals surface area contributed by atoms with Crippen molar-refractivity contribution in [3.8, 4) is 0 Å². The molecule has 0 aromatic rings. The molecule has 0 spiro atoms. The van der Waals surface area contributed by atoms with Crippen LogP contribution in [0.15, 0.2) is 35.5 Å². The number of allylic oxidation sites excluding steroid dienone is 5. The summed E-state index contributed by atoms with van der Waals surface area (Å²) in [6.07, 6.45) is 10.8. The maximum atomic E-state index is 5.73. The van der Waals surface area contributed by atoms with Gasteiger partial charge in [0, 0.05) is 6.04 Å². The van der Waals surface area contributed by atoms with E-state index in [2.05, 4.69) is 24.3 Å². The Balaban J connectivity index is 2.53. The van der Waals surface area contributed by atoms with Gasteiger partial charge in [-0.1, -0.05) is 24.3 Å². The summed E-state index contributed by atoms with van der Waals surface area (Å²) < 4.78 is 0. The van der Waals surface area contributed by atoms with E-state index in [1.807, 2.05) is 13.8 Å². The van der Waals surface area contributed by atoms with Gasteiger partial charge in [0.25, 0.3) is 0 Å². The van der Waals surface area contributed by atoms with Crippen molar-refractivity contribution in [3.05, 3.63) is 35.5 Å². The molecule has 0 aromatic heterocycles. The number of rotatable bonds is 4. The Morgan fingerprint density at radius 1 is 1.75 bits per heavy atom. The molecule has 0 amide bonds. The van der Waals surface area contributed by atoms with Crippen molar-refractivity contribution >= 4 is 0 Å². The van der Waals surface area contributed by atoms with Gasteiger partial charge in [0.05, 0.1) is 0 Å². The van der Waals surface area contributed by atoms with Crippen molar-refractivity contribution in [2.45, 2.75) is 32.7 Å². The monoisotopic (exact) mass is 163 g/mol. The van der Waals surface area contributed by atoms with Crippen molar-refractivity contribution < 1.29 is 0 Å². The van der Waals surface area contributed by atoms with Gasteiger partial charge in [-0.15, -0.1) is 0 Å². The van der Waals surface area contributed by atoms with E-state index < -0.39 is 0 Å². The summed E-state index contributed by atoms with van der Waals surface area (Å²) >= 11 is 0. The van der Waals surface area contributed by atoms with Crippen molar-refractivity contribution in [2.75, 3.05) is 0 Å². The van der Waals surface area contributed by atoms with Gasteiger partial charge in [0.2, 0.25) is 0 Å². The molecule has 0 saturated heterocycles. The maximum Gasteiger partial charge on any atom is 0.00509 e. The molecule has 0 bridgehead atoms. The Hall–Kier alpha value is -0.820. The topological polar surface area (TPSA) is 26.0 Å². The smallest absolute Gasteiger partial charge is 0.00509 e. The van der Waals surface area contributed by atoms with Crippen LogP contribution in [0.3, 0.4) is 0 Å². The lowest BCUT2D eigenvalue weighted by Crippen LogP contribution is -2.14. The predicted octanol–water partition coefficient (Wildman–Crippen LogP) is 2.56. The van der Waals surface area contributed by atoms with Gasteiger partial charge in [-0.2, -0.15) is 0 Å². The van der Waals surface area contributed by atoms with E-state index in [-0.39, 0.29) is 6.04 Å². The second-order valence-corrected chi connectivity index (χ2v) is 3.38. The molecule has 0 saturated carbocycles. The fraction of sp³-hybridized carbons (Fsp3) is 0.455. The fourth-order valence-corrected chi connectivity index (χ4v) is 1.18. The zero-order chi connectivity index (χ0) is 8.97. The molecule has 1 rings (SSSR count). The standard InChI is InChI=1S/C11H17N/c1-3-4-11(7-9(2)12)8-10-5-6-10/h3-5,8-9H,6-7,12H2,1-2H3/b4-3-,11-8+. The van der Waals surface area contributed by atoms with Crippen LogP contribution in [0.4, 0.5) is 0 Å². The molecule has 66 valence electrons. The third-order valence-corrected chi connectivity index (χ3v) is 1.75. The van der Waals surface area contributed by atoms with Gasteiger partial charge >= 0.3 is 0 Å². The third kappa shape index (κ3) is 3.54. The van der Waals surface area contributed by atoms with Crippen molar-refractivity contribution in [1.29, 1.82) is 0 Å². The molecule has 1 aliphatic carbocycles. The van der Waals surface area contributed by atoms with E-state index in [9.17, 15) is 0 Å². The summed E-state index contributed by atoms with van der Waals surface area (Å²) in [7, 11) is 0. The zero-order valence-corrected chi connectivity index (χ0v) is 7.88. The Morgan fingerprint density at radius 2 is 2.42 bits per heavy atom. The molecule has 12 heavy (non-hydrogen) atoms. The molecule has 0 aliphatic heterocycles. The van der Waals surface area contributed by atoms with Crippen LogP contribution in [-0.2, 0) is 0 Å². The van der Waals surface area contributed by atoms with Gasteiger partial charge in [-0.25, -0.2) is 0 Å². The molecule has 1 nitrogen and oxygen atoms in total. The SMILES string of the molecule is C/C=C\C(=C/C1=CC1)CC(C)N. The van der Waals surface area contributed by atoms with Crippen molar-refractivity contribution in [1.82, 2.24) is 0 Å². The lowest BCUT2D eigenvalue weighted by molar-refractivity contribution is 0.740. The number of hydrogen-bond acceptors (Lipinski definition) is 1. The van der Waals surface area contributed by atoms with E-state index in [1.165, 1.54) is 17.6 Å². The van der Waals surface area contributed by atoms with Gasteiger partial charge in [-0.3, -0.25) is 0 Å². The molecule has 0 heterocycles. The van der Waals surface area contributed by atoms with Gasteiger partial charge < -0.3 is 5.73 Å². The van der Waals surface area contributed by atoms with Gasteiger partial charge in [-0.05, 0) is 37.8 Å². The largest absolute Gasteiger partial charge is 0.328 e. The highest BCUT2D eigenvalue weighted by Crippen LogP contribution is 2.22. The first kappa shape index (κ1) is 9.27. The zero-order valence-electron chi connectivity index (χ0n) is 7.88. The van der Waals surface area contributed by atoms with Crippen molar-refractivity contribution in [3.63, 3.8) is 0 Å². The molecule has 1 heteroatoms. The van der Waals surface area contributed by atoms with Crippen LogP contribution < -0.4 is 5.73 Å². The molecule has 2 N–H and O–H groups in total. The minimum absolute atomic E-state index is 0.256. The lowest BCUT2D eigenvalue weighted by atomic mass is 10.1. The summed E-state index contributed by atoms with van der Waals surface area (Å²) in [5.41, 5.74) is 8.52. The van der Waals surface area contributed by atoms with Crippen LogP contribution in [0.2, 0.25) is 0 Å². The van der Waals surface area contributed by atoms with Crippen LogP contribution >= 0.6 is 0 Å². The van der Waals surface area contributed by atoms with Crippen LogP contribution in [0.5, 0.6) is 0 Å². The second kappa shape index (κ2) is 4.27. The Kier molecular flexibility index (Phi) is 3.30. The first-order chi connectivity index (χ1) is 5.72. The molecular weight excluding hydrogens is 146 g/mol. The van der Waals surface area contributed by atoms with Crippen LogP contribution in [0.1, 0.15) is 26.7 Å². The Labute approximate surface area is 74.7 Å². The summed E-state index contributed by atoms with van der Waals surface area (Å²) in [6.45, 7) is 4.08. The molecular formula is C11H17N. The summed E-state index contributed by atoms with van der Waals surface area (Å²) in [4.78, 5) is 0. The number of nitrogens with two attached hydrogens (primary N) is 1. The van der Waals surface area contributed by atoms with Crippen LogP contribution in [0, 0.1) is 0 Å². The van der Waals surface area contributed by atoms with Crippen molar-refractivity contribution in [2.24, 2.45) is 5.73 Å². The van der Waals surface area contributed by atoms with Crippen LogP contribution in [0.25, 0.3) is 0 Å². The van der Waals surface area contributed by atoms with Gasteiger partial charge in [0.1, 0.15) is 0 Å². The highest BCUT2D eigenvalue weighted by Gasteiger charge is 2.05. The highest BCUT2D eigenvalue weighted by atomic mass is 14.6. The molecule has 0 aromatic carbocycles. The lowest BCUT2D eigenvalue weighted by Gasteiger charge is -2.04. The normalized spacial score (nSPS) is 19.6. The highest BCUT2D eigenvalue weighted by molar-refractivity contribution is 5.39. The first-order valence-electron chi connectivity index (χ1n) is 4.50. The maximum absolute atomic E-state index is 5.73. The summed E-state index contributed by atoms with van der Waals surface area (Å²) in [6, 6.07) is 0.256. The first-order valence-corrected chi connectivity index (χ1v) is 4.50. The molecule has 0 radical (unpaired) electrons. The molecule has 1 unspecified atom stereocenters. The van der Waals surface area contributed by atoms with E-state index in [1.54, 1.807) is 0 Å². The Morgan fingerprint density at radius 3 is 2.83 bits per heavy atom. The average Bonchev–Trinajstić information content (AvgIpc) is 2.70. The summed E-state index contributed by atoms with van der Waals surface area (Å²) in [5.74, 6) is 0. The van der Waals surface area contributed by atoms with Gasteiger partial charge in [0.15, 0.2) is 0 Å². The predicted molar refractivity (Wildman–Crippen MR) is 53.9 cm³/mol. The molecule has 0 fully saturated rings.